The summed E-state index contributed by atoms with van der Waals surface area (Å²) in [6, 6.07) is 18.6. The summed E-state index contributed by atoms with van der Waals surface area (Å²) in [7, 11) is 0. The highest BCUT2D eigenvalue weighted by Gasteiger charge is 2.17. The Morgan fingerprint density at radius 2 is 1.25 bits per heavy atom. The molecule has 4 nitrogen and oxygen atoms in total. The Morgan fingerprint density at radius 3 is 1.75 bits per heavy atom. The summed E-state index contributed by atoms with van der Waals surface area (Å²) in [5, 5.41) is 26.3. The van der Waals surface area contributed by atoms with Crippen molar-refractivity contribution in [3.05, 3.63) is 66.8 Å². The molecule has 0 atom stereocenters. The molecule has 2 rings (SSSR count). The Kier molecular flexibility index (Phi) is 12.1. The molecule has 0 saturated carbocycles. The highest BCUT2D eigenvalue weighted by molar-refractivity contribution is 6.30. The Balaban J connectivity index is 0.000000257. The van der Waals surface area contributed by atoms with Gasteiger partial charge in [0.15, 0.2) is 3.57 Å². The maximum atomic E-state index is 8.48. The van der Waals surface area contributed by atoms with E-state index in [0.717, 1.165) is 5.02 Å². The van der Waals surface area contributed by atoms with Gasteiger partial charge in [-0.25, -0.2) is 0 Å². The zero-order valence-electron chi connectivity index (χ0n) is 13.5. The molecule has 0 radical (unpaired) electrons. The molecular formula is C18H24ClINO3+. The third-order valence-electron chi connectivity index (χ3n) is 3.02. The molecule has 0 heterocycles. The van der Waals surface area contributed by atoms with Gasteiger partial charge in [-0.2, -0.15) is 0 Å². The summed E-state index contributed by atoms with van der Waals surface area (Å²) in [6.07, 6.45) is 0. The first-order chi connectivity index (χ1) is 11.7. The first kappa shape index (κ1) is 21.3. The number of hydrogen-bond acceptors (Lipinski definition) is 4. The van der Waals surface area contributed by atoms with E-state index in [4.69, 9.17) is 26.9 Å². The van der Waals surface area contributed by atoms with Crippen molar-refractivity contribution in [2.75, 3.05) is 39.5 Å². The molecule has 0 saturated heterocycles. The van der Waals surface area contributed by atoms with Crippen molar-refractivity contribution in [1.29, 1.82) is 0 Å². The SMILES string of the molecule is Clc1ccccc1[I+]c1ccccc1.OCCN(CCO)CCO. The maximum absolute atomic E-state index is 8.48. The maximum Gasteiger partial charge on any atom is 0.359 e. The van der Waals surface area contributed by atoms with Gasteiger partial charge in [0.2, 0.25) is 3.57 Å². The molecule has 0 fully saturated rings. The second kappa shape index (κ2) is 13.6. The van der Waals surface area contributed by atoms with Gasteiger partial charge in [0, 0.05) is 19.6 Å². The van der Waals surface area contributed by atoms with Gasteiger partial charge in [0.25, 0.3) is 0 Å². The summed E-state index contributed by atoms with van der Waals surface area (Å²) in [5.74, 6) is 0. The van der Waals surface area contributed by atoms with Crippen LogP contribution in [0.1, 0.15) is 0 Å². The predicted octanol–water partition coefficient (Wildman–Crippen LogP) is -1.27. The van der Waals surface area contributed by atoms with Crippen LogP contribution in [0.5, 0.6) is 0 Å². The molecule has 0 aliphatic carbocycles. The van der Waals surface area contributed by atoms with E-state index in [-0.39, 0.29) is 41.0 Å². The van der Waals surface area contributed by atoms with Crippen LogP contribution in [0.2, 0.25) is 5.02 Å². The molecule has 0 aliphatic heterocycles. The van der Waals surface area contributed by atoms with Crippen LogP contribution in [0.15, 0.2) is 54.6 Å². The number of aliphatic hydroxyl groups excluding tert-OH is 3. The van der Waals surface area contributed by atoms with E-state index in [1.54, 1.807) is 4.90 Å². The van der Waals surface area contributed by atoms with E-state index in [1.165, 1.54) is 7.14 Å². The molecule has 0 unspecified atom stereocenters. The zero-order chi connectivity index (χ0) is 17.6. The van der Waals surface area contributed by atoms with Crippen molar-refractivity contribution < 1.29 is 36.5 Å². The summed E-state index contributed by atoms with van der Waals surface area (Å²) >= 11 is 5.98. The number of rotatable bonds is 8. The number of aliphatic hydroxyl groups is 3. The van der Waals surface area contributed by atoms with Crippen LogP contribution in [0.3, 0.4) is 0 Å². The molecule has 0 amide bonds. The van der Waals surface area contributed by atoms with Gasteiger partial charge in [0.1, 0.15) is 0 Å². The Labute approximate surface area is 159 Å². The summed E-state index contributed by atoms with van der Waals surface area (Å²) < 4.78 is 2.69. The van der Waals surface area contributed by atoms with E-state index in [1.807, 2.05) is 24.3 Å². The lowest BCUT2D eigenvalue weighted by Crippen LogP contribution is -3.61. The molecule has 0 spiro atoms. The van der Waals surface area contributed by atoms with Crippen molar-refractivity contribution in [2.24, 2.45) is 0 Å². The van der Waals surface area contributed by atoms with E-state index >= 15 is 0 Å². The Hall–Kier alpha value is -0.700. The van der Waals surface area contributed by atoms with Crippen LogP contribution < -0.4 is 21.2 Å². The topological polar surface area (TPSA) is 63.9 Å². The van der Waals surface area contributed by atoms with Crippen LogP contribution in [0, 0.1) is 7.14 Å². The highest BCUT2D eigenvalue weighted by Crippen LogP contribution is 2.04. The molecule has 2 aromatic carbocycles. The van der Waals surface area contributed by atoms with Crippen LogP contribution in [0.4, 0.5) is 0 Å². The van der Waals surface area contributed by atoms with E-state index < -0.39 is 0 Å². The lowest BCUT2D eigenvalue weighted by molar-refractivity contribution is -0.597. The quantitative estimate of drug-likeness (QED) is 0.427. The molecule has 6 heteroatoms. The molecule has 0 bridgehead atoms. The van der Waals surface area contributed by atoms with Crippen molar-refractivity contribution >= 4 is 11.6 Å². The van der Waals surface area contributed by atoms with Gasteiger partial charge < -0.3 is 15.3 Å². The summed E-state index contributed by atoms with van der Waals surface area (Å²) in [4.78, 5) is 1.79. The third-order valence-corrected chi connectivity index (χ3v) is 6.53. The molecular weight excluding hydrogens is 441 g/mol. The summed E-state index contributed by atoms with van der Waals surface area (Å²) in [5.41, 5.74) is 0. The Bertz CT molecular complexity index is 543. The van der Waals surface area contributed by atoms with Crippen molar-refractivity contribution in [3.63, 3.8) is 0 Å². The minimum Gasteiger partial charge on any atom is -0.395 e. The normalized spacial score (nSPS) is 10.4. The monoisotopic (exact) mass is 464 g/mol. The summed E-state index contributed by atoms with van der Waals surface area (Å²) in [6.45, 7) is 1.75. The fourth-order valence-electron chi connectivity index (χ4n) is 1.87. The lowest BCUT2D eigenvalue weighted by atomic mass is 10.4. The molecule has 3 N–H and O–H groups in total. The van der Waals surface area contributed by atoms with E-state index in [0.29, 0.717) is 19.6 Å². The number of nitrogens with zero attached hydrogens (tertiary/aromatic N) is 1. The van der Waals surface area contributed by atoms with Gasteiger partial charge in [-0.05, 0) is 24.3 Å². The second-order valence-electron chi connectivity index (χ2n) is 4.82. The second-order valence-corrected chi connectivity index (χ2v) is 8.17. The smallest absolute Gasteiger partial charge is 0.359 e. The fourth-order valence-corrected chi connectivity index (χ4v) is 4.52. The molecule has 0 aliphatic rings. The van der Waals surface area contributed by atoms with E-state index in [2.05, 4.69) is 30.3 Å². The van der Waals surface area contributed by atoms with Gasteiger partial charge in [-0.3, -0.25) is 4.90 Å². The largest absolute Gasteiger partial charge is 0.395 e. The van der Waals surface area contributed by atoms with Crippen LogP contribution in [0.25, 0.3) is 0 Å². The average molecular weight is 465 g/mol. The first-order valence-corrected chi connectivity index (χ1v) is 10.2. The van der Waals surface area contributed by atoms with E-state index in [9.17, 15) is 0 Å². The molecule has 132 valence electrons. The zero-order valence-corrected chi connectivity index (χ0v) is 16.4. The molecule has 2 aromatic rings. The van der Waals surface area contributed by atoms with Crippen LogP contribution in [-0.4, -0.2) is 59.7 Å². The van der Waals surface area contributed by atoms with Gasteiger partial charge in [0.05, 0.1) is 24.8 Å². The number of halogens is 2. The van der Waals surface area contributed by atoms with Crippen LogP contribution >= 0.6 is 11.6 Å². The van der Waals surface area contributed by atoms with Gasteiger partial charge in [-0.15, -0.1) is 0 Å². The first-order valence-electron chi connectivity index (χ1n) is 7.70. The molecule has 24 heavy (non-hydrogen) atoms. The average Bonchev–Trinajstić information content (AvgIpc) is 2.59. The minimum absolute atomic E-state index is 0.0694. The van der Waals surface area contributed by atoms with Crippen molar-refractivity contribution in [2.45, 2.75) is 0 Å². The van der Waals surface area contributed by atoms with Crippen molar-refractivity contribution in [3.8, 4) is 0 Å². The third kappa shape index (κ3) is 8.96. The fraction of sp³-hybridized carbons (Fsp3) is 0.333. The van der Waals surface area contributed by atoms with Gasteiger partial charge in [-0.1, -0.05) is 41.9 Å². The van der Waals surface area contributed by atoms with Crippen molar-refractivity contribution in [1.82, 2.24) is 4.90 Å². The number of hydrogen-bond donors (Lipinski definition) is 3. The highest BCUT2D eigenvalue weighted by atomic mass is 127. The number of benzene rings is 2. The standard InChI is InChI=1S/C12H9ClI.C6H15NO3/c13-11-8-4-5-9-12(11)14-10-6-2-1-3-7-10;8-4-1-7(2-5-9)3-6-10/h1-9H;8-10H,1-6H2/q+1;. The minimum atomic E-state index is -0.125. The predicted molar refractivity (Wildman–Crippen MR) is 93.0 cm³/mol. The van der Waals surface area contributed by atoms with Crippen LogP contribution in [-0.2, 0) is 0 Å². The molecule has 0 aromatic heterocycles. The van der Waals surface area contributed by atoms with Gasteiger partial charge >= 0.3 is 21.2 Å². The lowest BCUT2D eigenvalue weighted by Gasteiger charge is -2.17. The Morgan fingerprint density at radius 1 is 0.750 bits per heavy atom.